The fourth-order valence-corrected chi connectivity index (χ4v) is 3.97. The minimum absolute atomic E-state index is 0.0230. The van der Waals surface area contributed by atoms with Gasteiger partial charge < -0.3 is 14.8 Å². The Morgan fingerprint density at radius 3 is 2.50 bits per heavy atom. The van der Waals surface area contributed by atoms with Crippen LogP contribution in [0, 0.1) is 11.8 Å². The zero-order valence-electron chi connectivity index (χ0n) is 16.6. The van der Waals surface area contributed by atoms with Gasteiger partial charge in [-0.15, -0.1) is 0 Å². The van der Waals surface area contributed by atoms with Crippen molar-refractivity contribution in [2.45, 2.75) is 25.7 Å². The van der Waals surface area contributed by atoms with Crippen LogP contribution in [0.3, 0.4) is 0 Å². The molecule has 0 fully saturated rings. The normalized spacial score (nSPS) is 16.9. The first-order valence-electron chi connectivity index (χ1n) is 10.2. The number of anilines is 1. The second-order valence-electron chi connectivity index (χ2n) is 7.63. The van der Waals surface area contributed by atoms with Crippen LogP contribution in [-0.2, 0) is 18.0 Å². The molecule has 0 saturated carbocycles. The van der Waals surface area contributed by atoms with E-state index >= 15 is 0 Å². The summed E-state index contributed by atoms with van der Waals surface area (Å²) < 4.78 is 0. The topological polar surface area (TPSA) is 45.1 Å². The highest BCUT2D eigenvalue weighted by Gasteiger charge is 2.26. The minimum atomic E-state index is -0.0230. The molecule has 30 heavy (non-hydrogen) atoms. The highest BCUT2D eigenvalue weighted by atomic mass is 16.6. The molecule has 0 amide bonds. The number of hydrogen-bond donors (Lipinski definition) is 1. The summed E-state index contributed by atoms with van der Waals surface area (Å²) in [4.78, 5) is 8.16. The van der Waals surface area contributed by atoms with Crippen molar-refractivity contribution in [3.63, 3.8) is 0 Å². The molecular weight excluding hydrogens is 372 g/mol. The van der Waals surface area contributed by atoms with Crippen LogP contribution in [0.15, 0.2) is 78.0 Å². The fourth-order valence-electron chi connectivity index (χ4n) is 3.97. The van der Waals surface area contributed by atoms with E-state index in [4.69, 9.17) is 4.84 Å². The van der Waals surface area contributed by atoms with Crippen LogP contribution in [0.1, 0.15) is 34.2 Å². The van der Waals surface area contributed by atoms with Crippen molar-refractivity contribution >= 4 is 11.4 Å². The van der Waals surface area contributed by atoms with Gasteiger partial charge >= 0.3 is 0 Å². The number of aliphatic hydroxyl groups is 1. The zero-order chi connectivity index (χ0) is 20.3. The Morgan fingerprint density at radius 1 is 0.933 bits per heavy atom. The van der Waals surface area contributed by atoms with Gasteiger partial charge in [0.25, 0.3) is 0 Å². The summed E-state index contributed by atoms with van der Waals surface area (Å²) >= 11 is 0. The van der Waals surface area contributed by atoms with Gasteiger partial charge in [-0.2, -0.15) is 0 Å². The van der Waals surface area contributed by atoms with Crippen molar-refractivity contribution in [3.8, 4) is 11.8 Å². The van der Waals surface area contributed by atoms with E-state index in [-0.39, 0.29) is 12.7 Å². The third-order valence-electron chi connectivity index (χ3n) is 5.58. The highest BCUT2D eigenvalue weighted by Crippen LogP contribution is 2.27. The lowest BCUT2D eigenvalue weighted by molar-refractivity contribution is 0.0899. The lowest BCUT2D eigenvalue weighted by atomic mass is 10.0. The summed E-state index contributed by atoms with van der Waals surface area (Å²) in [6, 6.07) is 24.5. The monoisotopic (exact) mass is 394 g/mol. The minimum Gasteiger partial charge on any atom is -0.392 e. The molecule has 2 aliphatic rings. The van der Waals surface area contributed by atoms with Gasteiger partial charge in [-0.1, -0.05) is 71.6 Å². The molecule has 4 nitrogen and oxygen atoms in total. The maximum Gasteiger partial charge on any atom is 0.150 e. The molecule has 0 bridgehead atoms. The number of para-hydroxylation sites is 1. The molecular formula is C26H22N2O2. The molecule has 0 spiro atoms. The molecule has 0 radical (unpaired) electrons. The second kappa shape index (κ2) is 8.06. The van der Waals surface area contributed by atoms with Crippen LogP contribution in [0.2, 0.25) is 0 Å². The van der Waals surface area contributed by atoms with Crippen molar-refractivity contribution in [2.24, 2.45) is 5.16 Å². The molecule has 3 aromatic carbocycles. The molecule has 1 N–H and O–H groups in total. The van der Waals surface area contributed by atoms with Crippen LogP contribution < -0.4 is 4.90 Å². The SMILES string of the molecule is OCc1ccc(C2=NOC(CN3Cc4ccccc4C#Cc4ccccc43)C2)cc1. The average Bonchev–Trinajstić information content (AvgIpc) is 3.25. The molecule has 1 unspecified atom stereocenters. The molecule has 0 saturated heterocycles. The Labute approximate surface area is 176 Å². The van der Waals surface area contributed by atoms with E-state index in [0.717, 1.165) is 53.2 Å². The Hall–Kier alpha value is -3.55. The molecule has 2 aliphatic heterocycles. The predicted octanol–water partition coefficient (Wildman–Crippen LogP) is 4.09. The maximum absolute atomic E-state index is 9.24. The molecule has 4 heteroatoms. The number of aliphatic hydroxyl groups excluding tert-OH is 1. The molecule has 148 valence electrons. The smallest absolute Gasteiger partial charge is 0.150 e. The van der Waals surface area contributed by atoms with Gasteiger partial charge in [0, 0.05) is 24.1 Å². The van der Waals surface area contributed by atoms with E-state index in [2.05, 4.69) is 58.3 Å². The van der Waals surface area contributed by atoms with Crippen LogP contribution in [0.25, 0.3) is 0 Å². The Kier molecular flexibility index (Phi) is 4.96. The molecule has 1 atom stereocenters. The zero-order valence-corrected chi connectivity index (χ0v) is 16.6. The summed E-state index contributed by atoms with van der Waals surface area (Å²) in [5, 5.41) is 13.6. The Balaban J connectivity index is 1.38. The number of benzene rings is 3. The summed E-state index contributed by atoms with van der Waals surface area (Å²) in [6.45, 7) is 1.56. The quantitative estimate of drug-likeness (QED) is 0.678. The molecule has 5 rings (SSSR count). The summed E-state index contributed by atoms with van der Waals surface area (Å²) in [6.07, 6.45) is 0.731. The maximum atomic E-state index is 9.24. The lowest BCUT2D eigenvalue weighted by Crippen LogP contribution is -2.33. The van der Waals surface area contributed by atoms with Crippen molar-refractivity contribution in [3.05, 3.63) is 101 Å². The average molecular weight is 394 g/mol. The van der Waals surface area contributed by atoms with Crippen LogP contribution in [-0.4, -0.2) is 23.5 Å². The Bertz CT molecular complexity index is 1160. The van der Waals surface area contributed by atoms with Crippen LogP contribution in [0.4, 0.5) is 5.69 Å². The van der Waals surface area contributed by atoms with E-state index in [1.165, 1.54) is 5.56 Å². The number of oxime groups is 1. The summed E-state index contributed by atoms with van der Waals surface area (Å²) in [5.41, 5.74) is 7.34. The molecule has 0 aliphatic carbocycles. The third-order valence-corrected chi connectivity index (χ3v) is 5.58. The Morgan fingerprint density at radius 2 is 1.67 bits per heavy atom. The van der Waals surface area contributed by atoms with Gasteiger partial charge in [0.1, 0.15) is 0 Å². The fraction of sp³-hybridized carbons (Fsp3) is 0.192. The van der Waals surface area contributed by atoms with E-state index in [1.807, 2.05) is 36.4 Å². The van der Waals surface area contributed by atoms with Gasteiger partial charge in [0.15, 0.2) is 6.10 Å². The van der Waals surface area contributed by atoms with Crippen LogP contribution >= 0.6 is 0 Å². The van der Waals surface area contributed by atoms with Gasteiger partial charge in [-0.25, -0.2) is 0 Å². The lowest BCUT2D eigenvalue weighted by Gasteiger charge is -2.29. The predicted molar refractivity (Wildman–Crippen MR) is 118 cm³/mol. The highest BCUT2D eigenvalue weighted by molar-refractivity contribution is 6.01. The van der Waals surface area contributed by atoms with Crippen molar-refractivity contribution in [1.82, 2.24) is 0 Å². The van der Waals surface area contributed by atoms with Crippen molar-refractivity contribution in [2.75, 3.05) is 11.4 Å². The van der Waals surface area contributed by atoms with E-state index < -0.39 is 0 Å². The summed E-state index contributed by atoms with van der Waals surface area (Å²) in [7, 11) is 0. The number of hydrogen-bond acceptors (Lipinski definition) is 4. The first kappa shape index (κ1) is 18.5. The van der Waals surface area contributed by atoms with Crippen molar-refractivity contribution < 1.29 is 9.94 Å². The largest absolute Gasteiger partial charge is 0.392 e. The molecule has 3 aromatic rings. The van der Waals surface area contributed by atoms with Gasteiger partial charge in [-0.3, -0.25) is 0 Å². The van der Waals surface area contributed by atoms with Crippen molar-refractivity contribution in [1.29, 1.82) is 0 Å². The van der Waals surface area contributed by atoms with E-state index in [9.17, 15) is 5.11 Å². The number of fused-ring (bicyclic) bond motifs is 2. The van der Waals surface area contributed by atoms with Gasteiger partial charge in [-0.05, 0) is 34.9 Å². The third kappa shape index (κ3) is 3.68. The van der Waals surface area contributed by atoms with Gasteiger partial charge in [0.05, 0.1) is 24.6 Å². The summed E-state index contributed by atoms with van der Waals surface area (Å²) in [5.74, 6) is 6.67. The van der Waals surface area contributed by atoms with Gasteiger partial charge in [0.2, 0.25) is 0 Å². The first-order chi connectivity index (χ1) is 14.8. The standard InChI is InChI=1S/C26H22N2O2/c29-18-19-9-11-21(12-10-19)25-15-24(30-27-25)17-28-16-23-7-2-1-5-20(23)13-14-22-6-3-4-8-26(22)28/h1-12,24,29H,15-18H2. The first-order valence-corrected chi connectivity index (χ1v) is 10.2. The second-order valence-corrected chi connectivity index (χ2v) is 7.63. The number of nitrogens with zero attached hydrogens (tertiary/aromatic N) is 2. The molecule has 2 heterocycles. The van der Waals surface area contributed by atoms with E-state index in [1.54, 1.807) is 0 Å². The number of rotatable bonds is 4. The molecule has 0 aromatic heterocycles. The van der Waals surface area contributed by atoms with E-state index in [0.29, 0.717) is 0 Å². The van der Waals surface area contributed by atoms with Crippen LogP contribution in [0.5, 0.6) is 0 Å².